The Morgan fingerprint density at radius 2 is 1.66 bits per heavy atom. The number of aromatic nitrogens is 1. The molecule has 0 radical (unpaired) electrons. The molecule has 2 amide bonds. The van der Waals surface area contributed by atoms with Gasteiger partial charge in [0.15, 0.2) is 5.76 Å². The quantitative estimate of drug-likeness (QED) is 0.0663. The maximum atomic E-state index is 12.7. The van der Waals surface area contributed by atoms with Gasteiger partial charge in [0.25, 0.3) is 5.22 Å². The first kappa shape index (κ1) is 30.5. The molecule has 4 rings (SSSR count). The number of amides is 2. The summed E-state index contributed by atoms with van der Waals surface area (Å²) in [6, 6.07) is 19.8. The van der Waals surface area contributed by atoms with Crippen molar-refractivity contribution in [3.05, 3.63) is 84.6 Å². The summed E-state index contributed by atoms with van der Waals surface area (Å²) in [7, 11) is 0. The minimum atomic E-state index is -0.874. The van der Waals surface area contributed by atoms with Crippen LogP contribution in [0, 0.1) is 0 Å². The van der Waals surface area contributed by atoms with E-state index in [1.54, 1.807) is 5.48 Å². The molecule has 9 nitrogen and oxygen atoms in total. The van der Waals surface area contributed by atoms with Crippen LogP contribution in [0.1, 0.15) is 62.3 Å². The summed E-state index contributed by atoms with van der Waals surface area (Å²) in [5, 5.41) is 12.0. The molecule has 1 aromatic heterocycles. The van der Waals surface area contributed by atoms with Gasteiger partial charge in [-0.15, -0.1) is 6.58 Å². The van der Waals surface area contributed by atoms with E-state index in [1.807, 2.05) is 66.7 Å². The van der Waals surface area contributed by atoms with Gasteiger partial charge in [0.1, 0.15) is 0 Å². The van der Waals surface area contributed by atoms with Gasteiger partial charge in [0, 0.05) is 37.0 Å². The Bertz CT molecular complexity index is 1250. The monoisotopic (exact) mass is 579 g/mol. The molecule has 0 saturated carbocycles. The summed E-state index contributed by atoms with van der Waals surface area (Å²) >= 11 is 1.48. The normalized spacial score (nSPS) is 18.5. The average molecular weight is 580 g/mol. The van der Waals surface area contributed by atoms with Crippen LogP contribution in [0.25, 0.3) is 11.3 Å². The molecule has 1 fully saturated rings. The SMILES string of the molecule is C=CCc1nc(SCC2CC(c3ccccc3)OC(NC(=O)CCCCCCC(=O)NO)O2)oc1-c1ccccc1. The number of hydroxylamine groups is 1. The number of nitrogens with zero attached hydrogens (tertiary/aromatic N) is 1. The van der Waals surface area contributed by atoms with Crippen molar-refractivity contribution in [2.75, 3.05) is 5.75 Å². The van der Waals surface area contributed by atoms with Gasteiger partial charge in [-0.05, 0) is 18.4 Å². The van der Waals surface area contributed by atoms with Crippen LogP contribution in [0.3, 0.4) is 0 Å². The molecule has 3 N–H and O–H groups in total. The number of rotatable bonds is 15. The predicted octanol–water partition coefficient (Wildman–Crippen LogP) is 5.95. The summed E-state index contributed by atoms with van der Waals surface area (Å²) in [5.41, 5.74) is 4.45. The zero-order valence-electron chi connectivity index (χ0n) is 23.0. The Morgan fingerprint density at radius 3 is 2.34 bits per heavy atom. The van der Waals surface area contributed by atoms with E-state index < -0.39 is 12.3 Å². The van der Waals surface area contributed by atoms with Gasteiger partial charge in [0.2, 0.25) is 18.2 Å². The first-order valence-electron chi connectivity index (χ1n) is 13.9. The van der Waals surface area contributed by atoms with Gasteiger partial charge >= 0.3 is 0 Å². The molecule has 3 unspecified atom stereocenters. The number of hydrogen-bond acceptors (Lipinski definition) is 8. The zero-order chi connectivity index (χ0) is 28.9. The molecule has 0 aliphatic carbocycles. The number of carbonyl (C=O) groups excluding carboxylic acids is 2. The van der Waals surface area contributed by atoms with E-state index in [0.717, 1.165) is 35.4 Å². The topological polar surface area (TPSA) is 123 Å². The first-order chi connectivity index (χ1) is 20.1. The van der Waals surface area contributed by atoms with E-state index in [9.17, 15) is 9.59 Å². The summed E-state index contributed by atoms with van der Waals surface area (Å²) < 4.78 is 18.4. The van der Waals surface area contributed by atoms with Crippen LogP contribution in [0.4, 0.5) is 0 Å². The lowest BCUT2D eigenvalue weighted by atomic mass is 10.0. The third-order valence-electron chi connectivity index (χ3n) is 6.66. The Labute approximate surface area is 244 Å². The molecule has 2 aromatic carbocycles. The molecule has 41 heavy (non-hydrogen) atoms. The number of carbonyl (C=O) groups is 2. The molecule has 218 valence electrons. The van der Waals surface area contributed by atoms with Gasteiger partial charge in [-0.25, -0.2) is 10.5 Å². The molecule has 3 atom stereocenters. The number of nitrogens with one attached hydrogen (secondary N) is 2. The molecule has 1 aliphatic rings. The molecule has 0 spiro atoms. The van der Waals surface area contributed by atoms with Crippen molar-refractivity contribution in [1.29, 1.82) is 0 Å². The lowest BCUT2D eigenvalue weighted by molar-refractivity contribution is -0.251. The molecular weight excluding hydrogens is 542 g/mol. The first-order valence-corrected chi connectivity index (χ1v) is 14.9. The van der Waals surface area contributed by atoms with Crippen molar-refractivity contribution in [2.24, 2.45) is 0 Å². The Hall–Kier alpha value is -3.44. The molecule has 10 heteroatoms. The number of thioether (sulfide) groups is 1. The second kappa shape index (κ2) is 16.1. The van der Waals surface area contributed by atoms with Gasteiger partial charge in [-0.1, -0.05) is 91.3 Å². The van der Waals surface area contributed by atoms with Crippen LogP contribution in [0.15, 0.2) is 83.0 Å². The fourth-order valence-electron chi connectivity index (χ4n) is 4.59. The average Bonchev–Trinajstić information content (AvgIpc) is 3.41. The van der Waals surface area contributed by atoms with Crippen LogP contribution in [0.2, 0.25) is 0 Å². The van der Waals surface area contributed by atoms with E-state index >= 15 is 0 Å². The number of oxazole rings is 1. The van der Waals surface area contributed by atoms with Gasteiger partial charge in [-0.2, -0.15) is 0 Å². The minimum Gasteiger partial charge on any atom is -0.431 e. The number of allylic oxidation sites excluding steroid dienone is 1. The summed E-state index contributed by atoms with van der Waals surface area (Å²) in [6.07, 6.45) is 5.26. The van der Waals surface area contributed by atoms with Crippen LogP contribution >= 0.6 is 11.8 Å². The minimum absolute atomic E-state index is 0.155. The van der Waals surface area contributed by atoms with Crippen molar-refractivity contribution < 1.29 is 28.7 Å². The van der Waals surface area contributed by atoms with Crippen molar-refractivity contribution >= 4 is 23.6 Å². The van der Waals surface area contributed by atoms with Crippen LogP contribution in [-0.4, -0.2) is 40.3 Å². The third kappa shape index (κ3) is 9.57. The maximum Gasteiger partial charge on any atom is 0.256 e. The van der Waals surface area contributed by atoms with Crippen LogP contribution in [0.5, 0.6) is 0 Å². The van der Waals surface area contributed by atoms with Crippen molar-refractivity contribution in [3.8, 4) is 11.3 Å². The lowest BCUT2D eigenvalue weighted by Gasteiger charge is -2.35. The molecule has 1 aliphatic heterocycles. The highest BCUT2D eigenvalue weighted by Crippen LogP contribution is 2.35. The molecule has 0 bridgehead atoms. The van der Waals surface area contributed by atoms with Gasteiger partial charge in [-0.3, -0.25) is 14.8 Å². The predicted molar refractivity (Wildman–Crippen MR) is 156 cm³/mol. The van der Waals surface area contributed by atoms with E-state index in [2.05, 4.69) is 11.9 Å². The van der Waals surface area contributed by atoms with Crippen molar-refractivity contribution in [3.63, 3.8) is 0 Å². The molecule has 1 saturated heterocycles. The van der Waals surface area contributed by atoms with Crippen LogP contribution in [-0.2, 0) is 25.5 Å². The van der Waals surface area contributed by atoms with Crippen molar-refractivity contribution in [1.82, 2.24) is 15.8 Å². The fourth-order valence-corrected chi connectivity index (χ4v) is 5.45. The smallest absolute Gasteiger partial charge is 0.256 e. The van der Waals surface area contributed by atoms with Gasteiger partial charge < -0.3 is 19.2 Å². The lowest BCUT2D eigenvalue weighted by Crippen LogP contribution is -2.46. The summed E-state index contributed by atoms with van der Waals surface area (Å²) in [4.78, 5) is 28.5. The fraction of sp³-hybridized carbons (Fsp3) is 0.387. The van der Waals surface area contributed by atoms with E-state index in [-0.39, 0.29) is 24.5 Å². The Kier molecular flexibility index (Phi) is 12.0. The summed E-state index contributed by atoms with van der Waals surface area (Å²) in [6.45, 7) is 3.85. The molecular formula is C31H37N3O6S. The van der Waals surface area contributed by atoms with E-state index in [4.69, 9.17) is 24.1 Å². The third-order valence-corrected chi connectivity index (χ3v) is 7.62. The Morgan fingerprint density at radius 1 is 0.976 bits per heavy atom. The highest BCUT2D eigenvalue weighted by Gasteiger charge is 2.32. The highest BCUT2D eigenvalue weighted by molar-refractivity contribution is 7.99. The highest BCUT2D eigenvalue weighted by atomic mass is 32.2. The molecule has 2 heterocycles. The maximum absolute atomic E-state index is 12.7. The van der Waals surface area contributed by atoms with Crippen molar-refractivity contribution in [2.45, 2.75) is 75.2 Å². The van der Waals surface area contributed by atoms with E-state index in [1.165, 1.54) is 11.8 Å². The number of ether oxygens (including phenoxy) is 2. The second-order valence-corrected chi connectivity index (χ2v) is 10.8. The Balaban J connectivity index is 1.34. The van der Waals surface area contributed by atoms with E-state index in [0.29, 0.717) is 43.1 Å². The standard InChI is InChI=1S/C31H37N3O6S/c1-2-13-25-29(23-16-9-6-10-17-23)40-31(32-25)41-21-24-20-26(22-14-7-5-8-15-22)39-30(38-24)33-27(35)18-11-3-4-12-19-28(36)34-37/h2,5-10,14-17,24,26,30,37H,1,3-4,11-13,18-21H2,(H,33,35)(H,34,36). The number of benzene rings is 2. The number of unbranched alkanes of at least 4 members (excludes halogenated alkanes) is 3. The van der Waals surface area contributed by atoms with Crippen LogP contribution < -0.4 is 10.8 Å². The summed E-state index contributed by atoms with van der Waals surface area (Å²) in [5.74, 6) is 0.761. The zero-order valence-corrected chi connectivity index (χ0v) is 23.8. The largest absolute Gasteiger partial charge is 0.431 e. The second-order valence-electron chi connectivity index (χ2n) is 9.80. The molecule has 3 aromatic rings. The number of hydrogen-bond donors (Lipinski definition) is 3. The van der Waals surface area contributed by atoms with Gasteiger partial charge in [0.05, 0.1) is 17.9 Å².